The van der Waals surface area contributed by atoms with Crippen LogP contribution in [-0.4, -0.2) is 0 Å². The normalized spacial score (nSPS) is 9.27. The first-order valence-electron chi connectivity index (χ1n) is 2.70. The number of benzene rings is 1. The summed E-state index contributed by atoms with van der Waals surface area (Å²) in [6, 6.07) is 4.31. The smallest absolute Gasteiger partial charge is 0.143 e. The first kappa shape index (κ1) is 8.51. The maximum atomic E-state index is 12.6. The molecule has 0 unspecified atom stereocenters. The molecule has 0 bridgehead atoms. The topological polar surface area (TPSA) is 23.8 Å². The third-order valence-electron chi connectivity index (χ3n) is 1.13. The molecule has 0 aliphatic rings. The second-order valence-electron chi connectivity index (χ2n) is 1.86. The van der Waals surface area contributed by atoms with Gasteiger partial charge >= 0.3 is 0 Å². The highest BCUT2D eigenvalue weighted by Crippen LogP contribution is 2.23. The highest BCUT2D eigenvalue weighted by Gasteiger charge is 2.04. The molecule has 0 aliphatic heterocycles. The molecule has 1 rings (SSSR count). The van der Waals surface area contributed by atoms with Crippen LogP contribution in [0.2, 0.25) is 5.02 Å². The first-order chi connectivity index (χ1) is 5.15. The van der Waals surface area contributed by atoms with E-state index in [-0.39, 0.29) is 5.02 Å². The molecule has 0 spiro atoms. The van der Waals surface area contributed by atoms with Gasteiger partial charge in [-0.15, -0.1) is 0 Å². The summed E-state index contributed by atoms with van der Waals surface area (Å²) in [6.45, 7) is 0. The number of hydrogen-bond donors (Lipinski definition) is 0. The van der Waals surface area contributed by atoms with Gasteiger partial charge in [0.1, 0.15) is 11.9 Å². The van der Waals surface area contributed by atoms with Crippen LogP contribution >= 0.6 is 27.5 Å². The maximum absolute atomic E-state index is 12.6. The largest absolute Gasteiger partial charge is 0.205 e. The summed E-state index contributed by atoms with van der Waals surface area (Å²) >= 11 is 8.44. The van der Waals surface area contributed by atoms with Gasteiger partial charge in [0.2, 0.25) is 0 Å². The molecule has 0 N–H and O–H groups in total. The predicted molar refractivity (Wildman–Crippen MR) is 43.8 cm³/mol. The van der Waals surface area contributed by atoms with Crippen molar-refractivity contribution >= 4 is 27.5 Å². The van der Waals surface area contributed by atoms with Crippen LogP contribution in [0.3, 0.4) is 0 Å². The van der Waals surface area contributed by atoms with Gasteiger partial charge in [-0.1, -0.05) is 11.6 Å². The average molecular weight is 234 g/mol. The lowest BCUT2D eigenvalue weighted by atomic mass is 10.2. The number of halogens is 3. The third-order valence-corrected chi connectivity index (χ3v) is 2.08. The third kappa shape index (κ3) is 1.70. The van der Waals surface area contributed by atoms with Crippen molar-refractivity contribution in [2.24, 2.45) is 0 Å². The van der Waals surface area contributed by atoms with Crippen LogP contribution in [0.5, 0.6) is 0 Å². The van der Waals surface area contributed by atoms with E-state index >= 15 is 0 Å². The van der Waals surface area contributed by atoms with E-state index < -0.39 is 5.82 Å². The molecule has 0 aliphatic carbocycles. The number of nitriles is 1. The Kier molecular flexibility index (Phi) is 2.48. The van der Waals surface area contributed by atoms with Gasteiger partial charge in [-0.25, -0.2) is 4.39 Å². The molecule has 1 nitrogen and oxygen atoms in total. The van der Waals surface area contributed by atoms with Gasteiger partial charge in [0.15, 0.2) is 0 Å². The van der Waals surface area contributed by atoms with E-state index in [1.165, 1.54) is 12.1 Å². The molecule has 0 amide bonds. The molecular formula is C7H2BrClFN. The molecular weight excluding hydrogens is 232 g/mol. The zero-order chi connectivity index (χ0) is 8.43. The summed E-state index contributed by atoms with van der Waals surface area (Å²) in [4.78, 5) is 0. The van der Waals surface area contributed by atoms with Crippen LogP contribution in [0.1, 0.15) is 5.56 Å². The molecule has 0 saturated carbocycles. The number of hydrogen-bond acceptors (Lipinski definition) is 1. The van der Waals surface area contributed by atoms with E-state index in [1.54, 1.807) is 0 Å². The Morgan fingerprint density at radius 3 is 2.73 bits per heavy atom. The minimum Gasteiger partial charge on any atom is -0.205 e. The fourth-order valence-corrected chi connectivity index (χ4v) is 1.18. The summed E-state index contributed by atoms with van der Waals surface area (Å²) in [6.07, 6.45) is 0. The Morgan fingerprint density at radius 1 is 1.55 bits per heavy atom. The summed E-state index contributed by atoms with van der Waals surface area (Å²) in [5.41, 5.74) is 0.330. The van der Waals surface area contributed by atoms with Crippen molar-refractivity contribution in [2.75, 3.05) is 0 Å². The van der Waals surface area contributed by atoms with Crippen LogP contribution in [0.15, 0.2) is 16.6 Å². The van der Waals surface area contributed by atoms with E-state index in [0.717, 1.165) is 0 Å². The van der Waals surface area contributed by atoms with Crippen molar-refractivity contribution in [3.8, 4) is 6.07 Å². The molecule has 1 aromatic rings. The quantitative estimate of drug-likeness (QED) is 0.633. The predicted octanol–water partition coefficient (Wildman–Crippen LogP) is 3.11. The maximum Gasteiger partial charge on any atom is 0.143 e. The van der Waals surface area contributed by atoms with Crippen molar-refractivity contribution < 1.29 is 4.39 Å². The average Bonchev–Trinajstić information content (AvgIpc) is 1.97. The van der Waals surface area contributed by atoms with E-state index in [9.17, 15) is 4.39 Å². The summed E-state index contributed by atoms with van der Waals surface area (Å²) in [5.74, 6) is -0.530. The first-order valence-corrected chi connectivity index (χ1v) is 3.87. The van der Waals surface area contributed by atoms with Crippen molar-refractivity contribution in [1.29, 1.82) is 5.26 Å². The van der Waals surface area contributed by atoms with Gasteiger partial charge in [-0.05, 0) is 28.1 Å². The fourth-order valence-electron chi connectivity index (χ4n) is 0.608. The van der Waals surface area contributed by atoms with Gasteiger partial charge in [0.05, 0.1) is 10.6 Å². The van der Waals surface area contributed by atoms with Gasteiger partial charge in [0, 0.05) is 4.47 Å². The van der Waals surface area contributed by atoms with Crippen molar-refractivity contribution in [3.63, 3.8) is 0 Å². The highest BCUT2D eigenvalue weighted by molar-refractivity contribution is 9.10. The Hall–Kier alpha value is -0.590. The van der Waals surface area contributed by atoms with E-state index in [2.05, 4.69) is 15.9 Å². The number of rotatable bonds is 0. The van der Waals surface area contributed by atoms with E-state index in [0.29, 0.717) is 10.0 Å². The Morgan fingerprint density at radius 2 is 2.18 bits per heavy atom. The molecule has 0 fully saturated rings. The monoisotopic (exact) mass is 233 g/mol. The molecule has 0 aromatic heterocycles. The minimum atomic E-state index is -0.530. The van der Waals surface area contributed by atoms with Crippen molar-refractivity contribution in [1.82, 2.24) is 0 Å². The summed E-state index contributed by atoms with van der Waals surface area (Å²) in [7, 11) is 0. The summed E-state index contributed by atoms with van der Waals surface area (Å²) in [5, 5.41) is 8.44. The van der Waals surface area contributed by atoms with Crippen LogP contribution < -0.4 is 0 Å². The second kappa shape index (κ2) is 3.21. The van der Waals surface area contributed by atoms with E-state index in [4.69, 9.17) is 16.9 Å². The van der Waals surface area contributed by atoms with Crippen LogP contribution in [0.4, 0.5) is 4.39 Å². The molecule has 56 valence electrons. The zero-order valence-corrected chi connectivity index (χ0v) is 7.58. The lowest BCUT2D eigenvalue weighted by molar-refractivity contribution is 0.627. The van der Waals surface area contributed by atoms with Crippen LogP contribution in [-0.2, 0) is 0 Å². The minimum absolute atomic E-state index is 0.0373. The Labute approximate surface area is 76.5 Å². The molecule has 0 heterocycles. The SMILES string of the molecule is N#Cc1cc(Cl)c(F)cc1Br. The molecule has 4 heteroatoms. The zero-order valence-electron chi connectivity index (χ0n) is 5.24. The van der Waals surface area contributed by atoms with Crippen molar-refractivity contribution in [2.45, 2.75) is 0 Å². The summed E-state index contributed by atoms with van der Waals surface area (Å²) < 4.78 is 13.0. The number of nitrogens with zero attached hydrogens (tertiary/aromatic N) is 1. The molecule has 11 heavy (non-hydrogen) atoms. The second-order valence-corrected chi connectivity index (χ2v) is 3.12. The van der Waals surface area contributed by atoms with Gasteiger partial charge in [-0.2, -0.15) is 5.26 Å². The van der Waals surface area contributed by atoms with Gasteiger partial charge in [-0.3, -0.25) is 0 Å². The van der Waals surface area contributed by atoms with Gasteiger partial charge < -0.3 is 0 Å². The molecule has 0 atom stereocenters. The van der Waals surface area contributed by atoms with E-state index in [1.807, 2.05) is 6.07 Å². The highest BCUT2D eigenvalue weighted by atomic mass is 79.9. The molecule has 0 saturated heterocycles. The van der Waals surface area contributed by atoms with Crippen LogP contribution in [0, 0.1) is 17.1 Å². The lowest BCUT2D eigenvalue weighted by Gasteiger charge is -1.96. The molecule has 0 radical (unpaired) electrons. The Bertz CT molecular complexity index is 332. The van der Waals surface area contributed by atoms with Gasteiger partial charge in [0.25, 0.3) is 0 Å². The Balaban J connectivity index is 3.35. The van der Waals surface area contributed by atoms with Crippen molar-refractivity contribution in [3.05, 3.63) is 33.0 Å². The molecule has 1 aromatic carbocycles. The standard InChI is InChI=1S/C7H2BrClFN/c8-5-2-7(10)6(9)1-4(5)3-11/h1-2H. The lowest BCUT2D eigenvalue weighted by Crippen LogP contribution is -1.81. The van der Waals surface area contributed by atoms with Crippen LogP contribution in [0.25, 0.3) is 0 Å². The fraction of sp³-hybridized carbons (Fsp3) is 0.